The number of aryl methyl sites for hydroxylation is 1. The topological polar surface area (TPSA) is 86.3 Å². The Morgan fingerprint density at radius 1 is 0.944 bits per heavy atom. The molecule has 0 radical (unpaired) electrons. The van der Waals surface area contributed by atoms with Gasteiger partial charge in [0.25, 0.3) is 11.4 Å². The number of rotatable bonds is 7. The smallest absolute Gasteiger partial charge is 0.258 e. The minimum absolute atomic E-state index is 0.213. The first kappa shape index (κ1) is 14.1. The maximum Gasteiger partial charge on any atom is 0.276 e. The lowest BCUT2D eigenvalue weighted by molar-refractivity contribution is -0.394. The van der Waals surface area contributed by atoms with Crippen LogP contribution in [0.4, 0.5) is 11.4 Å². The Hall–Kier alpha value is -1.98. The summed E-state index contributed by atoms with van der Waals surface area (Å²) in [6.45, 7) is 2.10. The summed E-state index contributed by atoms with van der Waals surface area (Å²) in [5, 5.41) is 21.4. The van der Waals surface area contributed by atoms with Crippen molar-refractivity contribution >= 4 is 11.4 Å². The monoisotopic (exact) mass is 252 g/mol. The van der Waals surface area contributed by atoms with Gasteiger partial charge in [-0.3, -0.25) is 20.2 Å². The number of unbranched alkanes of at least 4 members (excludes halogenated alkanes) is 3. The van der Waals surface area contributed by atoms with Crippen molar-refractivity contribution in [3.05, 3.63) is 44.0 Å². The van der Waals surface area contributed by atoms with Crippen LogP contribution in [0.2, 0.25) is 0 Å². The zero-order valence-corrected chi connectivity index (χ0v) is 10.3. The lowest BCUT2D eigenvalue weighted by Gasteiger charge is -2.02. The van der Waals surface area contributed by atoms with Crippen LogP contribution >= 0.6 is 0 Å². The van der Waals surface area contributed by atoms with Crippen molar-refractivity contribution in [3.8, 4) is 0 Å². The Morgan fingerprint density at radius 2 is 1.50 bits per heavy atom. The molecule has 18 heavy (non-hydrogen) atoms. The van der Waals surface area contributed by atoms with Gasteiger partial charge in [0.2, 0.25) is 0 Å². The Bertz CT molecular complexity index is 413. The average Bonchev–Trinajstić information content (AvgIpc) is 2.34. The van der Waals surface area contributed by atoms with Crippen LogP contribution in [0, 0.1) is 20.2 Å². The molecular formula is C12H16N2O4. The predicted molar refractivity (Wildman–Crippen MR) is 67.6 cm³/mol. The number of hydrogen-bond acceptors (Lipinski definition) is 4. The molecule has 1 aromatic rings. The molecule has 0 fully saturated rings. The molecule has 0 N–H and O–H groups in total. The van der Waals surface area contributed by atoms with Crippen LogP contribution in [0.3, 0.4) is 0 Å². The highest BCUT2D eigenvalue weighted by molar-refractivity contribution is 5.46. The van der Waals surface area contributed by atoms with Gasteiger partial charge in [0, 0.05) is 12.1 Å². The maximum absolute atomic E-state index is 10.7. The van der Waals surface area contributed by atoms with E-state index in [1.807, 2.05) is 0 Å². The lowest BCUT2D eigenvalue weighted by Crippen LogP contribution is -1.96. The summed E-state index contributed by atoms with van der Waals surface area (Å²) in [7, 11) is 0. The second kappa shape index (κ2) is 6.68. The molecule has 0 heterocycles. The summed E-state index contributed by atoms with van der Waals surface area (Å²) >= 11 is 0. The molecule has 0 amide bonds. The van der Waals surface area contributed by atoms with Crippen LogP contribution in [-0.2, 0) is 6.42 Å². The zero-order chi connectivity index (χ0) is 13.5. The molecular weight excluding hydrogens is 236 g/mol. The van der Waals surface area contributed by atoms with Crippen molar-refractivity contribution in [1.29, 1.82) is 0 Å². The summed E-state index contributed by atoms with van der Waals surface area (Å²) in [5.41, 5.74) is 0.233. The molecule has 0 bridgehead atoms. The Kier molecular flexibility index (Phi) is 5.23. The molecule has 0 aromatic heterocycles. The fourth-order valence-electron chi connectivity index (χ4n) is 1.77. The molecule has 6 heteroatoms. The summed E-state index contributed by atoms with van der Waals surface area (Å²) < 4.78 is 0. The molecule has 0 spiro atoms. The number of nitro groups is 2. The number of non-ortho nitro benzene ring substituents is 2. The largest absolute Gasteiger partial charge is 0.276 e. The minimum Gasteiger partial charge on any atom is -0.258 e. The van der Waals surface area contributed by atoms with Crippen molar-refractivity contribution in [2.45, 2.75) is 39.0 Å². The van der Waals surface area contributed by atoms with E-state index in [0.29, 0.717) is 12.0 Å². The van der Waals surface area contributed by atoms with Crippen LogP contribution < -0.4 is 0 Å². The van der Waals surface area contributed by atoms with E-state index in [1.165, 1.54) is 12.1 Å². The molecule has 0 unspecified atom stereocenters. The van der Waals surface area contributed by atoms with E-state index in [9.17, 15) is 20.2 Å². The van der Waals surface area contributed by atoms with E-state index >= 15 is 0 Å². The molecule has 0 saturated carbocycles. The molecule has 0 saturated heterocycles. The van der Waals surface area contributed by atoms with Gasteiger partial charge in [-0.1, -0.05) is 26.2 Å². The summed E-state index contributed by atoms with van der Waals surface area (Å²) in [5.74, 6) is 0. The van der Waals surface area contributed by atoms with Crippen molar-refractivity contribution in [3.63, 3.8) is 0 Å². The Labute approximate surface area is 105 Å². The highest BCUT2D eigenvalue weighted by Crippen LogP contribution is 2.23. The standard InChI is InChI=1S/C12H16N2O4/c1-2-3-4-5-6-10-7-11(13(15)16)9-12(8-10)14(17)18/h7-9H,2-6H2,1H3. The third-order valence-electron chi connectivity index (χ3n) is 2.70. The predicted octanol–water partition coefficient (Wildman–Crippen LogP) is 3.63. The van der Waals surface area contributed by atoms with Crippen LogP contribution in [-0.4, -0.2) is 9.85 Å². The van der Waals surface area contributed by atoms with Crippen LogP contribution in [0.1, 0.15) is 38.2 Å². The van der Waals surface area contributed by atoms with E-state index in [2.05, 4.69) is 6.92 Å². The molecule has 1 aromatic carbocycles. The van der Waals surface area contributed by atoms with Crippen LogP contribution in [0.15, 0.2) is 18.2 Å². The fraction of sp³-hybridized carbons (Fsp3) is 0.500. The summed E-state index contributed by atoms with van der Waals surface area (Å²) in [6, 6.07) is 3.83. The van der Waals surface area contributed by atoms with Gasteiger partial charge in [-0.25, -0.2) is 0 Å². The van der Waals surface area contributed by atoms with Crippen molar-refractivity contribution in [1.82, 2.24) is 0 Å². The van der Waals surface area contributed by atoms with E-state index in [1.54, 1.807) is 0 Å². The third-order valence-corrected chi connectivity index (χ3v) is 2.70. The van der Waals surface area contributed by atoms with Gasteiger partial charge < -0.3 is 0 Å². The van der Waals surface area contributed by atoms with E-state index in [-0.39, 0.29) is 11.4 Å². The van der Waals surface area contributed by atoms with Gasteiger partial charge in [-0.15, -0.1) is 0 Å². The normalized spacial score (nSPS) is 10.3. The minimum atomic E-state index is -0.595. The van der Waals surface area contributed by atoms with E-state index in [4.69, 9.17) is 0 Å². The molecule has 0 atom stereocenters. The molecule has 98 valence electrons. The first-order chi connectivity index (χ1) is 8.54. The SMILES string of the molecule is CCCCCCc1cc([N+](=O)[O-])cc([N+](=O)[O-])c1. The van der Waals surface area contributed by atoms with Gasteiger partial charge in [0.1, 0.15) is 0 Å². The van der Waals surface area contributed by atoms with Gasteiger partial charge in [-0.2, -0.15) is 0 Å². The lowest BCUT2D eigenvalue weighted by atomic mass is 10.0. The van der Waals surface area contributed by atoms with E-state index < -0.39 is 9.85 Å². The Morgan fingerprint density at radius 3 is 1.94 bits per heavy atom. The number of benzene rings is 1. The zero-order valence-electron chi connectivity index (χ0n) is 10.3. The summed E-state index contributed by atoms with van der Waals surface area (Å²) in [6.07, 6.45) is 4.79. The summed E-state index contributed by atoms with van der Waals surface area (Å²) in [4.78, 5) is 20.2. The van der Waals surface area contributed by atoms with Gasteiger partial charge in [0.05, 0.1) is 15.9 Å². The maximum atomic E-state index is 10.7. The first-order valence-corrected chi connectivity index (χ1v) is 5.97. The highest BCUT2D eigenvalue weighted by Gasteiger charge is 2.15. The fourth-order valence-corrected chi connectivity index (χ4v) is 1.77. The third kappa shape index (κ3) is 4.12. The van der Waals surface area contributed by atoms with Gasteiger partial charge in [-0.05, 0) is 18.4 Å². The Balaban J connectivity index is 2.83. The van der Waals surface area contributed by atoms with Crippen LogP contribution in [0.5, 0.6) is 0 Å². The van der Waals surface area contributed by atoms with Gasteiger partial charge in [0.15, 0.2) is 0 Å². The molecule has 1 rings (SSSR count). The quantitative estimate of drug-likeness (QED) is 0.421. The average molecular weight is 252 g/mol. The van der Waals surface area contributed by atoms with Crippen molar-refractivity contribution in [2.24, 2.45) is 0 Å². The highest BCUT2D eigenvalue weighted by atomic mass is 16.6. The van der Waals surface area contributed by atoms with Crippen LogP contribution in [0.25, 0.3) is 0 Å². The number of hydrogen-bond donors (Lipinski definition) is 0. The van der Waals surface area contributed by atoms with Gasteiger partial charge >= 0.3 is 0 Å². The number of nitrogens with zero attached hydrogens (tertiary/aromatic N) is 2. The first-order valence-electron chi connectivity index (χ1n) is 5.97. The molecule has 0 aliphatic rings. The van der Waals surface area contributed by atoms with Crippen molar-refractivity contribution < 1.29 is 9.85 Å². The second-order valence-electron chi connectivity index (χ2n) is 4.18. The number of nitro benzene ring substituents is 2. The molecule has 6 nitrogen and oxygen atoms in total. The van der Waals surface area contributed by atoms with Crippen molar-refractivity contribution in [2.75, 3.05) is 0 Å². The molecule has 0 aliphatic carbocycles. The van der Waals surface area contributed by atoms with E-state index in [0.717, 1.165) is 31.7 Å². The molecule has 0 aliphatic heterocycles. The second-order valence-corrected chi connectivity index (χ2v) is 4.18.